The molecule has 1 aromatic carbocycles. The molecule has 0 bridgehead atoms. The number of nitrogens with one attached hydrogen (secondary N) is 1. The van der Waals surface area contributed by atoms with Crippen LogP contribution in [0.2, 0.25) is 5.02 Å². The molecule has 2 aromatic heterocycles. The van der Waals surface area contributed by atoms with E-state index in [9.17, 15) is 4.79 Å². The van der Waals surface area contributed by atoms with E-state index in [0.717, 1.165) is 22.6 Å². The Labute approximate surface area is 149 Å². The Balaban J connectivity index is 1.62. The molecule has 0 aliphatic carbocycles. The van der Waals surface area contributed by atoms with Crippen LogP contribution in [0.4, 0.5) is 5.69 Å². The number of carbonyl (C=O) groups excluding carboxylic acids is 1. The summed E-state index contributed by atoms with van der Waals surface area (Å²) in [7, 11) is 0. The number of carbonyl (C=O) groups is 1. The fraction of sp³-hybridized carbons (Fsp3) is 0.111. The molecule has 0 atom stereocenters. The molecule has 0 fully saturated rings. The van der Waals surface area contributed by atoms with Gasteiger partial charge in [-0.15, -0.1) is 11.3 Å². The van der Waals surface area contributed by atoms with E-state index in [4.69, 9.17) is 16.3 Å². The topological polar surface area (TPSA) is 51.2 Å². The van der Waals surface area contributed by atoms with Gasteiger partial charge >= 0.3 is 0 Å². The summed E-state index contributed by atoms with van der Waals surface area (Å²) in [6, 6.07) is 10.8. The Kier molecular flexibility index (Phi) is 5.13. The zero-order valence-corrected chi connectivity index (χ0v) is 14.5. The molecule has 0 saturated heterocycles. The Hall–Kier alpha value is -2.37. The van der Waals surface area contributed by atoms with Crippen LogP contribution >= 0.6 is 22.9 Å². The number of ether oxygens (including phenoxy) is 1. The summed E-state index contributed by atoms with van der Waals surface area (Å²) in [5.74, 6) is 0.647. The van der Waals surface area contributed by atoms with Crippen molar-refractivity contribution in [3.05, 3.63) is 75.2 Å². The predicted octanol–water partition coefficient (Wildman–Crippen LogP) is 4.94. The van der Waals surface area contributed by atoms with Crippen LogP contribution in [-0.2, 0) is 6.61 Å². The SMILES string of the molecule is Cc1cc(Cl)ccc1OCc1csc(C(=O)Nc2ccncc2)c1. The maximum atomic E-state index is 12.2. The Morgan fingerprint density at radius 1 is 1.25 bits per heavy atom. The van der Waals surface area contributed by atoms with Crippen molar-refractivity contribution < 1.29 is 9.53 Å². The third-order valence-electron chi connectivity index (χ3n) is 3.35. The molecule has 1 amide bonds. The zero-order chi connectivity index (χ0) is 16.9. The zero-order valence-electron chi connectivity index (χ0n) is 13.0. The fourth-order valence-corrected chi connectivity index (χ4v) is 3.15. The first-order chi connectivity index (χ1) is 11.6. The van der Waals surface area contributed by atoms with Crippen molar-refractivity contribution in [2.24, 2.45) is 0 Å². The van der Waals surface area contributed by atoms with Crippen LogP contribution in [0.15, 0.2) is 54.2 Å². The smallest absolute Gasteiger partial charge is 0.265 e. The molecule has 4 nitrogen and oxygen atoms in total. The summed E-state index contributed by atoms with van der Waals surface area (Å²) >= 11 is 7.33. The average Bonchev–Trinajstić information content (AvgIpc) is 3.04. The minimum atomic E-state index is -0.139. The van der Waals surface area contributed by atoms with Crippen molar-refractivity contribution in [3.8, 4) is 5.75 Å². The molecular weight excluding hydrogens is 344 g/mol. The van der Waals surface area contributed by atoms with Gasteiger partial charge in [-0.25, -0.2) is 0 Å². The van der Waals surface area contributed by atoms with Crippen LogP contribution < -0.4 is 10.1 Å². The number of hydrogen-bond donors (Lipinski definition) is 1. The summed E-state index contributed by atoms with van der Waals surface area (Å²) in [5.41, 5.74) is 2.65. The van der Waals surface area contributed by atoms with Gasteiger partial charge in [-0.05, 0) is 54.3 Å². The quantitative estimate of drug-likeness (QED) is 0.703. The third-order valence-corrected chi connectivity index (χ3v) is 4.56. The summed E-state index contributed by atoms with van der Waals surface area (Å²) in [6.07, 6.45) is 3.27. The minimum absolute atomic E-state index is 0.139. The average molecular weight is 359 g/mol. The molecule has 3 aromatic rings. The lowest BCUT2D eigenvalue weighted by atomic mass is 10.2. The number of thiophene rings is 1. The molecule has 122 valence electrons. The van der Waals surface area contributed by atoms with Crippen LogP contribution in [0.5, 0.6) is 5.75 Å². The molecule has 6 heteroatoms. The molecule has 3 rings (SSSR count). The normalized spacial score (nSPS) is 10.4. The lowest BCUT2D eigenvalue weighted by Gasteiger charge is -2.08. The third kappa shape index (κ3) is 4.13. The van der Waals surface area contributed by atoms with Gasteiger partial charge in [0.1, 0.15) is 12.4 Å². The number of anilines is 1. The summed E-state index contributed by atoms with van der Waals surface area (Å²) in [4.78, 5) is 16.8. The van der Waals surface area contributed by atoms with E-state index in [1.165, 1.54) is 11.3 Å². The number of aryl methyl sites for hydroxylation is 1. The van der Waals surface area contributed by atoms with Gasteiger partial charge in [-0.1, -0.05) is 11.6 Å². The molecule has 1 N–H and O–H groups in total. The van der Waals surface area contributed by atoms with Gasteiger partial charge in [-0.3, -0.25) is 9.78 Å². The van der Waals surface area contributed by atoms with Crippen molar-refractivity contribution in [2.75, 3.05) is 5.32 Å². The highest BCUT2D eigenvalue weighted by Gasteiger charge is 2.10. The first-order valence-electron chi connectivity index (χ1n) is 7.29. The largest absolute Gasteiger partial charge is 0.489 e. The molecule has 0 aliphatic heterocycles. The lowest BCUT2D eigenvalue weighted by molar-refractivity contribution is 0.103. The number of aromatic nitrogens is 1. The Morgan fingerprint density at radius 3 is 2.79 bits per heavy atom. The maximum Gasteiger partial charge on any atom is 0.265 e. The van der Waals surface area contributed by atoms with Crippen molar-refractivity contribution in [2.45, 2.75) is 13.5 Å². The van der Waals surface area contributed by atoms with Crippen LogP contribution in [0.1, 0.15) is 20.8 Å². The van der Waals surface area contributed by atoms with E-state index in [0.29, 0.717) is 16.5 Å². The van der Waals surface area contributed by atoms with Crippen LogP contribution in [0.3, 0.4) is 0 Å². The van der Waals surface area contributed by atoms with E-state index in [1.807, 2.05) is 30.5 Å². The van der Waals surface area contributed by atoms with Crippen molar-refractivity contribution in [1.82, 2.24) is 4.98 Å². The molecule has 0 unspecified atom stereocenters. The number of pyridine rings is 1. The number of hydrogen-bond acceptors (Lipinski definition) is 4. The minimum Gasteiger partial charge on any atom is -0.489 e. The van der Waals surface area contributed by atoms with E-state index < -0.39 is 0 Å². The van der Waals surface area contributed by atoms with Crippen molar-refractivity contribution >= 4 is 34.5 Å². The van der Waals surface area contributed by atoms with E-state index in [2.05, 4.69) is 10.3 Å². The highest BCUT2D eigenvalue weighted by molar-refractivity contribution is 7.12. The molecule has 0 aliphatic rings. The van der Waals surface area contributed by atoms with Gasteiger partial charge in [0, 0.05) is 28.7 Å². The van der Waals surface area contributed by atoms with Crippen LogP contribution in [0, 0.1) is 6.92 Å². The second kappa shape index (κ2) is 7.47. The molecule has 2 heterocycles. The van der Waals surface area contributed by atoms with Gasteiger partial charge < -0.3 is 10.1 Å². The number of nitrogens with zero attached hydrogens (tertiary/aromatic N) is 1. The van der Waals surface area contributed by atoms with Crippen LogP contribution in [-0.4, -0.2) is 10.9 Å². The fourth-order valence-electron chi connectivity index (χ4n) is 2.13. The predicted molar refractivity (Wildman–Crippen MR) is 97.0 cm³/mol. The lowest BCUT2D eigenvalue weighted by Crippen LogP contribution is -2.10. The maximum absolute atomic E-state index is 12.2. The first-order valence-corrected chi connectivity index (χ1v) is 8.55. The van der Waals surface area contributed by atoms with Gasteiger partial charge in [-0.2, -0.15) is 0 Å². The van der Waals surface area contributed by atoms with Crippen molar-refractivity contribution in [3.63, 3.8) is 0 Å². The second-order valence-corrected chi connectivity index (χ2v) is 6.56. The monoisotopic (exact) mass is 358 g/mol. The molecular formula is C18H15ClN2O2S. The van der Waals surface area contributed by atoms with Gasteiger partial charge in [0.05, 0.1) is 4.88 Å². The van der Waals surface area contributed by atoms with Gasteiger partial charge in [0.2, 0.25) is 0 Å². The first kappa shape index (κ1) is 16.5. The summed E-state index contributed by atoms with van der Waals surface area (Å²) < 4.78 is 5.80. The molecule has 0 spiro atoms. The van der Waals surface area contributed by atoms with Crippen LogP contribution in [0.25, 0.3) is 0 Å². The molecule has 0 radical (unpaired) electrons. The highest BCUT2D eigenvalue weighted by Crippen LogP contribution is 2.24. The number of benzene rings is 1. The van der Waals surface area contributed by atoms with Crippen molar-refractivity contribution in [1.29, 1.82) is 0 Å². The Bertz CT molecular complexity index is 849. The van der Waals surface area contributed by atoms with E-state index in [1.54, 1.807) is 30.6 Å². The number of halogens is 1. The summed E-state index contributed by atoms with van der Waals surface area (Å²) in [6.45, 7) is 2.35. The van der Waals surface area contributed by atoms with E-state index >= 15 is 0 Å². The van der Waals surface area contributed by atoms with Gasteiger partial charge in [0.15, 0.2) is 0 Å². The standard InChI is InChI=1S/C18H15ClN2O2S/c1-12-8-14(19)2-3-16(12)23-10-13-9-17(24-11-13)18(22)21-15-4-6-20-7-5-15/h2-9,11H,10H2,1H3,(H,20,21,22). The van der Waals surface area contributed by atoms with Gasteiger partial charge in [0.25, 0.3) is 5.91 Å². The number of rotatable bonds is 5. The summed E-state index contributed by atoms with van der Waals surface area (Å²) in [5, 5.41) is 5.45. The number of amides is 1. The Morgan fingerprint density at radius 2 is 2.04 bits per heavy atom. The molecule has 0 saturated carbocycles. The molecule has 24 heavy (non-hydrogen) atoms. The highest BCUT2D eigenvalue weighted by atomic mass is 35.5. The van der Waals surface area contributed by atoms with E-state index in [-0.39, 0.29) is 5.91 Å². The second-order valence-electron chi connectivity index (χ2n) is 5.21.